The molecule has 0 spiro atoms. The molecule has 0 saturated carbocycles. The Labute approximate surface area is 93.7 Å². The van der Waals surface area contributed by atoms with E-state index in [1.54, 1.807) is 7.05 Å². The van der Waals surface area contributed by atoms with Crippen LogP contribution in [0.2, 0.25) is 0 Å². The van der Waals surface area contributed by atoms with Gasteiger partial charge < -0.3 is 5.32 Å². The number of halogens is 2. The quantitative estimate of drug-likeness (QED) is 0.841. The van der Waals surface area contributed by atoms with Crippen molar-refractivity contribution in [3.8, 4) is 0 Å². The van der Waals surface area contributed by atoms with Crippen molar-refractivity contribution in [1.29, 1.82) is 0 Å². The Kier molecular flexibility index (Phi) is 4.40. The van der Waals surface area contributed by atoms with Gasteiger partial charge in [0.2, 0.25) is 5.91 Å². The zero-order valence-electron chi connectivity index (χ0n) is 9.39. The summed E-state index contributed by atoms with van der Waals surface area (Å²) in [4.78, 5) is 11.2. The van der Waals surface area contributed by atoms with Gasteiger partial charge >= 0.3 is 0 Å². The molecule has 1 N–H and O–H groups in total. The maximum atomic E-state index is 13.0. The van der Waals surface area contributed by atoms with Gasteiger partial charge in [0.05, 0.1) is 0 Å². The van der Waals surface area contributed by atoms with Gasteiger partial charge in [-0.3, -0.25) is 4.79 Å². The van der Waals surface area contributed by atoms with Crippen LogP contribution in [-0.2, 0) is 4.79 Å². The molecule has 1 aromatic carbocycles. The highest BCUT2D eigenvalue weighted by Crippen LogP contribution is 2.24. The first-order valence-corrected chi connectivity index (χ1v) is 5.24. The molecule has 0 aromatic heterocycles. The lowest BCUT2D eigenvalue weighted by Crippen LogP contribution is -2.20. The van der Waals surface area contributed by atoms with E-state index in [4.69, 9.17) is 0 Å². The molecule has 0 aliphatic rings. The number of hydrogen-bond acceptors (Lipinski definition) is 1. The van der Waals surface area contributed by atoms with E-state index in [0.717, 1.165) is 12.1 Å². The van der Waals surface area contributed by atoms with Gasteiger partial charge in [-0.05, 0) is 30.0 Å². The normalized spacial score (nSPS) is 12.2. The average Bonchev–Trinajstić information content (AvgIpc) is 2.29. The number of hydrogen-bond donors (Lipinski definition) is 1. The van der Waals surface area contributed by atoms with Crippen LogP contribution in [-0.4, -0.2) is 13.0 Å². The van der Waals surface area contributed by atoms with Crippen molar-refractivity contribution < 1.29 is 13.6 Å². The Balaban J connectivity index is 2.86. The summed E-state index contributed by atoms with van der Waals surface area (Å²) in [6.45, 7) is 1.91. The average molecular weight is 227 g/mol. The van der Waals surface area contributed by atoms with Crippen LogP contribution >= 0.6 is 0 Å². The van der Waals surface area contributed by atoms with Crippen LogP contribution in [0.5, 0.6) is 0 Å². The second kappa shape index (κ2) is 5.58. The highest BCUT2D eigenvalue weighted by atomic mass is 19.2. The zero-order valence-corrected chi connectivity index (χ0v) is 9.39. The third-order valence-electron chi connectivity index (χ3n) is 2.62. The predicted octanol–water partition coefficient (Wildman–Crippen LogP) is 2.59. The molecule has 1 aromatic rings. The zero-order chi connectivity index (χ0) is 12.1. The van der Waals surface area contributed by atoms with E-state index in [1.165, 1.54) is 6.07 Å². The first-order valence-electron chi connectivity index (χ1n) is 5.24. The lowest BCUT2D eigenvalue weighted by Gasteiger charge is -2.14. The third-order valence-corrected chi connectivity index (χ3v) is 2.62. The second-order valence-corrected chi connectivity index (χ2v) is 3.66. The van der Waals surface area contributed by atoms with Crippen molar-refractivity contribution in [2.75, 3.05) is 7.05 Å². The first kappa shape index (κ1) is 12.6. The van der Waals surface area contributed by atoms with Gasteiger partial charge in [0.1, 0.15) is 0 Å². The molecule has 1 atom stereocenters. The van der Waals surface area contributed by atoms with Crippen molar-refractivity contribution in [1.82, 2.24) is 5.32 Å². The summed E-state index contributed by atoms with van der Waals surface area (Å²) in [6, 6.07) is 3.78. The fraction of sp³-hybridized carbons (Fsp3) is 0.417. The number of rotatable bonds is 4. The molecule has 0 radical (unpaired) electrons. The number of nitrogens with one attached hydrogen (secondary N) is 1. The lowest BCUT2D eigenvalue weighted by molar-refractivity contribution is -0.121. The minimum atomic E-state index is -0.868. The lowest BCUT2D eigenvalue weighted by atomic mass is 9.93. The number of carbonyl (C=O) groups is 1. The molecule has 0 heterocycles. The van der Waals surface area contributed by atoms with Gasteiger partial charge in [0.15, 0.2) is 11.6 Å². The molecule has 0 fully saturated rings. The van der Waals surface area contributed by atoms with Crippen LogP contribution in [0.15, 0.2) is 18.2 Å². The van der Waals surface area contributed by atoms with Crippen LogP contribution in [0, 0.1) is 11.6 Å². The van der Waals surface area contributed by atoms with Crippen LogP contribution in [0.25, 0.3) is 0 Å². The summed E-state index contributed by atoms with van der Waals surface area (Å²) in [7, 11) is 1.56. The fourth-order valence-corrected chi connectivity index (χ4v) is 1.59. The Morgan fingerprint density at radius 2 is 2.06 bits per heavy atom. The summed E-state index contributed by atoms with van der Waals surface area (Å²) >= 11 is 0. The molecule has 88 valence electrons. The molecule has 0 aliphatic carbocycles. The Bertz CT molecular complexity index is 379. The van der Waals surface area contributed by atoms with Crippen LogP contribution in [0.4, 0.5) is 8.78 Å². The van der Waals surface area contributed by atoms with Crippen molar-refractivity contribution in [3.63, 3.8) is 0 Å². The summed E-state index contributed by atoms with van der Waals surface area (Å²) < 4.78 is 25.8. The van der Waals surface area contributed by atoms with Gasteiger partial charge in [0, 0.05) is 13.5 Å². The topological polar surface area (TPSA) is 29.1 Å². The minimum absolute atomic E-state index is 0.0740. The fourth-order valence-electron chi connectivity index (χ4n) is 1.59. The molecule has 16 heavy (non-hydrogen) atoms. The molecular weight excluding hydrogens is 212 g/mol. The van der Waals surface area contributed by atoms with E-state index in [0.29, 0.717) is 12.0 Å². The van der Waals surface area contributed by atoms with Crippen LogP contribution in [0.1, 0.15) is 31.2 Å². The van der Waals surface area contributed by atoms with Crippen molar-refractivity contribution in [2.24, 2.45) is 0 Å². The van der Waals surface area contributed by atoms with Gasteiger partial charge in [-0.2, -0.15) is 0 Å². The van der Waals surface area contributed by atoms with E-state index in [2.05, 4.69) is 5.32 Å². The molecule has 1 unspecified atom stereocenters. The largest absolute Gasteiger partial charge is 0.359 e. The van der Waals surface area contributed by atoms with Gasteiger partial charge in [0.25, 0.3) is 0 Å². The molecular formula is C12H15F2NO. The summed E-state index contributed by atoms with van der Waals surface area (Å²) in [5.41, 5.74) is 0.657. The molecule has 0 saturated heterocycles. The summed E-state index contributed by atoms with van der Waals surface area (Å²) in [6.07, 6.45) is 0.997. The number of amides is 1. The van der Waals surface area contributed by atoms with E-state index in [9.17, 15) is 13.6 Å². The first-order chi connectivity index (χ1) is 7.58. The van der Waals surface area contributed by atoms with Gasteiger partial charge in [-0.1, -0.05) is 13.0 Å². The van der Waals surface area contributed by atoms with E-state index < -0.39 is 11.6 Å². The van der Waals surface area contributed by atoms with Crippen LogP contribution < -0.4 is 5.32 Å². The molecule has 2 nitrogen and oxygen atoms in total. The molecule has 4 heteroatoms. The third kappa shape index (κ3) is 3.02. The van der Waals surface area contributed by atoms with E-state index in [1.807, 2.05) is 6.92 Å². The summed E-state index contributed by atoms with van der Waals surface area (Å²) in [5, 5.41) is 2.52. The number of benzene rings is 1. The van der Waals surface area contributed by atoms with Crippen molar-refractivity contribution in [3.05, 3.63) is 35.4 Å². The monoisotopic (exact) mass is 227 g/mol. The molecule has 1 amide bonds. The van der Waals surface area contributed by atoms with Gasteiger partial charge in [-0.25, -0.2) is 8.78 Å². The highest BCUT2D eigenvalue weighted by Gasteiger charge is 2.15. The summed E-state index contributed by atoms with van der Waals surface area (Å²) in [5.74, 6) is -1.90. The maximum absolute atomic E-state index is 13.0. The molecule has 0 bridgehead atoms. The minimum Gasteiger partial charge on any atom is -0.359 e. The predicted molar refractivity (Wildman–Crippen MR) is 58.1 cm³/mol. The standard InChI is InChI=1S/C12H15F2NO/c1-3-8(7-12(16)15-2)9-4-5-10(13)11(14)6-9/h4-6,8H,3,7H2,1-2H3,(H,15,16). The van der Waals surface area contributed by atoms with Gasteiger partial charge in [-0.15, -0.1) is 0 Å². The molecule has 1 rings (SSSR count). The van der Waals surface area contributed by atoms with E-state index >= 15 is 0 Å². The van der Waals surface area contributed by atoms with E-state index in [-0.39, 0.29) is 18.2 Å². The van der Waals surface area contributed by atoms with Crippen LogP contribution in [0.3, 0.4) is 0 Å². The Morgan fingerprint density at radius 3 is 2.56 bits per heavy atom. The Hall–Kier alpha value is -1.45. The SMILES string of the molecule is CCC(CC(=O)NC)c1ccc(F)c(F)c1. The van der Waals surface area contributed by atoms with Crippen molar-refractivity contribution in [2.45, 2.75) is 25.7 Å². The second-order valence-electron chi connectivity index (χ2n) is 3.66. The van der Waals surface area contributed by atoms with Crippen molar-refractivity contribution >= 4 is 5.91 Å². The maximum Gasteiger partial charge on any atom is 0.220 e. The number of carbonyl (C=O) groups excluding carboxylic acids is 1. The molecule has 0 aliphatic heterocycles. The Morgan fingerprint density at radius 1 is 1.38 bits per heavy atom. The highest BCUT2D eigenvalue weighted by molar-refractivity contribution is 5.76. The smallest absolute Gasteiger partial charge is 0.220 e.